The third-order valence-electron chi connectivity index (χ3n) is 3.01. The maximum Gasteiger partial charge on any atom is 0.251 e. The van der Waals surface area contributed by atoms with Crippen LogP contribution in [0.3, 0.4) is 0 Å². The van der Waals surface area contributed by atoms with Crippen molar-refractivity contribution in [1.82, 2.24) is 5.32 Å². The zero-order chi connectivity index (χ0) is 14.5. The van der Waals surface area contributed by atoms with Gasteiger partial charge in [-0.1, -0.05) is 38.8 Å². The highest BCUT2D eigenvalue weighted by Gasteiger charge is 2.28. The highest BCUT2D eigenvalue weighted by Crippen LogP contribution is 2.26. The first kappa shape index (κ1) is 16.3. The van der Waals surface area contributed by atoms with Gasteiger partial charge >= 0.3 is 0 Å². The lowest BCUT2D eigenvalue weighted by Gasteiger charge is -2.30. The van der Waals surface area contributed by atoms with Crippen LogP contribution in [0.1, 0.15) is 23.7 Å². The first-order chi connectivity index (χ1) is 9.01. The molecule has 2 N–H and O–H groups in total. The van der Waals surface area contributed by atoms with Gasteiger partial charge in [-0.2, -0.15) is 0 Å². The molecule has 0 bridgehead atoms. The predicted octanol–water partition coefficient (Wildman–Crippen LogP) is 3.07. The van der Waals surface area contributed by atoms with Gasteiger partial charge in [0.1, 0.15) is 0 Å². The molecule has 1 rings (SSSR count). The Labute approximate surface area is 129 Å². The Bertz CT molecular complexity index is 439. The molecular formula is C13H17Br2NO3. The molecule has 1 aromatic rings. The number of hydrogen-bond acceptors (Lipinski definition) is 3. The molecule has 0 heterocycles. The summed E-state index contributed by atoms with van der Waals surface area (Å²) in [6, 6.07) is 4.59. The fraction of sp³-hybridized carbons (Fsp3) is 0.462. The molecule has 1 aromatic carbocycles. The first-order valence-electron chi connectivity index (χ1n) is 5.83. The van der Waals surface area contributed by atoms with Gasteiger partial charge in [0.25, 0.3) is 5.91 Å². The summed E-state index contributed by atoms with van der Waals surface area (Å²) in [7, 11) is 1.46. The summed E-state index contributed by atoms with van der Waals surface area (Å²) in [5, 5.41) is 14.0. The summed E-state index contributed by atoms with van der Waals surface area (Å²) < 4.78 is 4.95. The van der Waals surface area contributed by atoms with Crippen molar-refractivity contribution in [2.45, 2.75) is 18.9 Å². The number of halogens is 2. The quantitative estimate of drug-likeness (QED) is 0.729. The third-order valence-corrected chi connectivity index (χ3v) is 5.15. The molecule has 0 aliphatic rings. The zero-order valence-corrected chi connectivity index (χ0v) is 14.0. The molecule has 0 radical (unpaired) electrons. The summed E-state index contributed by atoms with van der Waals surface area (Å²) in [5.41, 5.74) is 0.0603. The van der Waals surface area contributed by atoms with Gasteiger partial charge in [0, 0.05) is 16.2 Å². The fourth-order valence-corrected chi connectivity index (χ4v) is 3.53. The van der Waals surface area contributed by atoms with Crippen LogP contribution in [0.2, 0.25) is 0 Å². The predicted molar refractivity (Wildman–Crippen MR) is 82.7 cm³/mol. The summed E-state index contributed by atoms with van der Waals surface area (Å²) in [6.07, 6.45) is 0.789. The number of hydrogen-bond donors (Lipinski definition) is 2. The normalized spacial score (nSPS) is 11.2. The largest absolute Gasteiger partial charge is 0.504 e. The third kappa shape index (κ3) is 3.86. The maximum absolute atomic E-state index is 12.2. The van der Waals surface area contributed by atoms with Gasteiger partial charge in [0.05, 0.1) is 12.6 Å². The minimum atomic E-state index is -0.341. The number of rotatable bonds is 6. The van der Waals surface area contributed by atoms with E-state index in [1.54, 1.807) is 12.1 Å². The highest BCUT2D eigenvalue weighted by atomic mass is 79.9. The molecule has 0 unspecified atom stereocenters. The smallest absolute Gasteiger partial charge is 0.251 e. The van der Waals surface area contributed by atoms with E-state index in [0.717, 1.165) is 6.42 Å². The number of phenols is 1. The van der Waals surface area contributed by atoms with Gasteiger partial charge in [0.2, 0.25) is 0 Å². The van der Waals surface area contributed by atoms with E-state index in [1.165, 1.54) is 13.2 Å². The topological polar surface area (TPSA) is 58.6 Å². The fourth-order valence-electron chi connectivity index (χ4n) is 1.52. The van der Waals surface area contributed by atoms with E-state index in [1.807, 2.05) is 6.92 Å². The van der Waals surface area contributed by atoms with Gasteiger partial charge in [-0.25, -0.2) is 0 Å². The van der Waals surface area contributed by atoms with E-state index in [9.17, 15) is 9.90 Å². The molecule has 106 valence electrons. The summed E-state index contributed by atoms with van der Waals surface area (Å²) in [4.78, 5) is 12.2. The number of carbonyl (C=O) groups excluding carboxylic acids is 1. The second-order valence-corrected chi connectivity index (χ2v) is 5.36. The molecule has 0 spiro atoms. The molecule has 0 aliphatic carbocycles. The lowest BCUT2D eigenvalue weighted by Crippen LogP contribution is -2.51. The second-order valence-electron chi connectivity index (χ2n) is 4.24. The molecule has 19 heavy (non-hydrogen) atoms. The van der Waals surface area contributed by atoms with Crippen molar-refractivity contribution in [3.63, 3.8) is 0 Å². The van der Waals surface area contributed by atoms with Crippen LogP contribution in [0, 0.1) is 0 Å². The van der Waals surface area contributed by atoms with Gasteiger partial charge in [-0.3, -0.25) is 4.79 Å². The van der Waals surface area contributed by atoms with E-state index in [2.05, 4.69) is 37.2 Å². The Hall–Kier alpha value is -0.750. The molecule has 4 nitrogen and oxygen atoms in total. The van der Waals surface area contributed by atoms with E-state index < -0.39 is 0 Å². The van der Waals surface area contributed by atoms with Crippen LogP contribution in [-0.2, 0) is 0 Å². The molecule has 0 saturated heterocycles. The number of benzene rings is 1. The molecular weight excluding hydrogens is 378 g/mol. The van der Waals surface area contributed by atoms with E-state index in [0.29, 0.717) is 22.0 Å². The SMILES string of the molecule is CCC(CBr)(CBr)NC(=O)c1ccc(OC)c(O)c1. The molecule has 6 heteroatoms. The molecule has 0 saturated carbocycles. The van der Waals surface area contributed by atoms with Crippen molar-refractivity contribution in [3.05, 3.63) is 23.8 Å². The minimum Gasteiger partial charge on any atom is -0.504 e. The monoisotopic (exact) mass is 393 g/mol. The van der Waals surface area contributed by atoms with Crippen molar-refractivity contribution in [2.24, 2.45) is 0 Å². The Morgan fingerprint density at radius 2 is 2.05 bits per heavy atom. The number of carbonyl (C=O) groups is 1. The Morgan fingerprint density at radius 1 is 1.42 bits per heavy atom. The van der Waals surface area contributed by atoms with Crippen LogP contribution >= 0.6 is 31.9 Å². The number of phenolic OH excluding ortho intramolecular Hbond substituents is 1. The Balaban J connectivity index is 2.92. The maximum atomic E-state index is 12.2. The molecule has 0 aliphatic heterocycles. The Morgan fingerprint density at radius 3 is 2.47 bits per heavy atom. The van der Waals surface area contributed by atoms with Crippen molar-refractivity contribution < 1.29 is 14.6 Å². The van der Waals surface area contributed by atoms with Gasteiger partial charge in [-0.05, 0) is 24.6 Å². The van der Waals surface area contributed by atoms with E-state index in [4.69, 9.17) is 4.74 Å². The summed E-state index contributed by atoms with van der Waals surface area (Å²) >= 11 is 6.84. The zero-order valence-electron chi connectivity index (χ0n) is 10.9. The van der Waals surface area contributed by atoms with Gasteiger partial charge in [0.15, 0.2) is 11.5 Å². The lowest BCUT2D eigenvalue weighted by atomic mass is 10.0. The van der Waals surface area contributed by atoms with Gasteiger partial charge in [-0.15, -0.1) is 0 Å². The second kappa shape index (κ2) is 7.14. The van der Waals surface area contributed by atoms with Crippen LogP contribution in [0.15, 0.2) is 18.2 Å². The van der Waals surface area contributed by atoms with E-state index >= 15 is 0 Å². The average Bonchev–Trinajstić information content (AvgIpc) is 2.44. The Kier molecular flexibility index (Phi) is 6.13. The highest BCUT2D eigenvalue weighted by molar-refractivity contribution is 9.09. The summed E-state index contributed by atoms with van der Waals surface area (Å²) in [6.45, 7) is 2.01. The number of aromatic hydroxyl groups is 1. The molecule has 0 atom stereocenters. The van der Waals surface area contributed by atoms with Crippen molar-refractivity contribution >= 4 is 37.8 Å². The van der Waals surface area contributed by atoms with Crippen LogP contribution in [-0.4, -0.2) is 34.3 Å². The number of alkyl halides is 2. The lowest BCUT2D eigenvalue weighted by molar-refractivity contribution is 0.0915. The number of methoxy groups -OCH3 is 1. The first-order valence-corrected chi connectivity index (χ1v) is 8.07. The van der Waals surface area contributed by atoms with Crippen LogP contribution < -0.4 is 10.1 Å². The van der Waals surface area contributed by atoms with Crippen LogP contribution in [0.4, 0.5) is 0 Å². The van der Waals surface area contributed by atoms with Crippen LogP contribution in [0.5, 0.6) is 11.5 Å². The van der Waals surface area contributed by atoms with Crippen molar-refractivity contribution in [2.75, 3.05) is 17.8 Å². The minimum absolute atomic E-state index is 0.0464. The van der Waals surface area contributed by atoms with Crippen molar-refractivity contribution in [3.8, 4) is 11.5 Å². The van der Waals surface area contributed by atoms with Crippen molar-refractivity contribution in [1.29, 1.82) is 0 Å². The standard InChI is InChI=1S/C13H17Br2NO3/c1-3-13(7-14,8-15)16-12(18)9-4-5-11(19-2)10(17)6-9/h4-6,17H,3,7-8H2,1-2H3,(H,16,18). The molecule has 1 amide bonds. The molecule has 0 aromatic heterocycles. The van der Waals surface area contributed by atoms with Crippen LogP contribution in [0.25, 0.3) is 0 Å². The van der Waals surface area contributed by atoms with E-state index in [-0.39, 0.29) is 17.2 Å². The number of ether oxygens (including phenoxy) is 1. The van der Waals surface area contributed by atoms with Gasteiger partial charge < -0.3 is 15.2 Å². The summed E-state index contributed by atoms with van der Waals surface area (Å²) in [5.74, 6) is 0.0768. The average molecular weight is 395 g/mol. The molecule has 0 fully saturated rings. The number of amides is 1. The number of nitrogens with one attached hydrogen (secondary N) is 1.